The molecule has 18 heavy (non-hydrogen) atoms. The minimum Gasteiger partial charge on any atom is -0.382 e. The molecule has 2 heterocycles. The van der Waals surface area contributed by atoms with E-state index in [-0.39, 0.29) is 0 Å². The number of nitrogen functional groups attached to an aromatic ring is 1. The molecule has 0 amide bonds. The van der Waals surface area contributed by atoms with Gasteiger partial charge in [0.25, 0.3) is 0 Å². The second-order valence-corrected chi connectivity index (χ2v) is 5.18. The van der Waals surface area contributed by atoms with Crippen molar-refractivity contribution < 1.29 is 4.74 Å². The highest BCUT2D eigenvalue weighted by atomic mass is 16.5. The number of hydrogen-bond donors (Lipinski definition) is 1. The van der Waals surface area contributed by atoms with Crippen LogP contribution in [0.5, 0.6) is 0 Å². The zero-order chi connectivity index (χ0) is 12.8. The number of anilines is 1. The molecule has 0 saturated carbocycles. The molecule has 0 unspecified atom stereocenters. The van der Waals surface area contributed by atoms with E-state index in [0.717, 1.165) is 38.6 Å². The highest BCUT2D eigenvalue weighted by molar-refractivity contribution is 5.23. The molecule has 0 bridgehead atoms. The molecule has 2 rings (SSSR count). The van der Waals surface area contributed by atoms with E-state index in [1.165, 1.54) is 19.4 Å². The Labute approximate surface area is 109 Å². The Morgan fingerprint density at radius 3 is 2.94 bits per heavy atom. The third-order valence-corrected chi connectivity index (χ3v) is 3.50. The maximum atomic E-state index is 5.58. The second-order valence-electron chi connectivity index (χ2n) is 5.18. The van der Waals surface area contributed by atoms with Gasteiger partial charge in [0.15, 0.2) is 0 Å². The third-order valence-electron chi connectivity index (χ3n) is 3.50. The lowest BCUT2D eigenvalue weighted by atomic mass is 10.00. The van der Waals surface area contributed by atoms with E-state index in [1.54, 1.807) is 0 Å². The summed E-state index contributed by atoms with van der Waals surface area (Å²) in [6.07, 6.45) is 5.47. The van der Waals surface area contributed by atoms with Gasteiger partial charge < -0.3 is 15.4 Å². The summed E-state index contributed by atoms with van der Waals surface area (Å²) in [5.41, 5.74) is 5.58. The SMILES string of the molecule is CN(CCCn1ccc(N)n1)CC1CCOCC1. The van der Waals surface area contributed by atoms with Crippen molar-refractivity contribution in [1.29, 1.82) is 0 Å². The van der Waals surface area contributed by atoms with Gasteiger partial charge in [-0.1, -0.05) is 0 Å². The van der Waals surface area contributed by atoms with Crippen molar-refractivity contribution in [2.24, 2.45) is 5.92 Å². The van der Waals surface area contributed by atoms with Gasteiger partial charge in [-0.2, -0.15) is 5.10 Å². The maximum Gasteiger partial charge on any atom is 0.145 e. The molecule has 0 spiro atoms. The number of nitrogens with zero attached hydrogens (tertiary/aromatic N) is 3. The molecule has 102 valence electrons. The molecule has 0 aliphatic carbocycles. The summed E-state index contributed by atoms with van der Waals surface area (Å²) in [6.45, 7) is 5.10. The van der Waals surface area contributed by atoms with Crippen LogP contribution < -0.4 is 5.73 Å². The first kappa shape index (κ1) is 13.4. The van der Waals surface area contributed by atoms with Gasteiger partial charge in [-0.25, -0.2) is 0 Å². The molecule has 0 atom stereocenters. The average Bonchev–Trinajstić information content (AvgIpc) is 2.76. The van der Waals surface area contributed by atoms with E-state index in [4.69, 9.17) is 10.5 Å². The van der Waals surface area contributed by atoms with E-state index >= 15 is 0 Å². The van der Waals surface area contributed by atoms with E-state index in [9.17, 15) is 0 Å². The van der Waals surface area contributed by atoms with Crippen molar-refractivity contribution in [2.75, 3.05) is 39.1 Å². The van der Waals surface area contributed by atoms with Gasteiger partial charge in [-0.15, -0.1) is 0 Å². The molecule has 0 aromatic carbocycles. The number of rotatable bonds is 6. The van der Waals surface area contributed by atoms with Gasteiger partial charge in [0, 0.05) is 32.5 Å². The van der Waals surface area contributed by atoms with E-state index in [1.807, 2.05) is 16.9 Å². The summed E-state index contributed by atoms with van der Waals surface area (Å²) in [4.78, 5) is 2.42. The molecule has 5 nitrogen and oxygen atoms in total. The molecule has 1 aromatic rings. The summed E-state index contributed by atoms with van der Waals surface area (Å²) < 4.78 is 7.29. The van der Waals surface area contributed by atoms with Crippen LogP contribution in [0.4, 0.5) is 5.82 Å². The first-order valence-electron chi connectivity index (χ1n) is 6.79. The quantitative estimate of drug-likeness (QED) is 0.827. The monoisotopic (exact) mass is 252 g/mol. The van der Waals surface area contributed by atoms with Crippen molar-refractivity contribution in [1.82, 2.24) is 14.7 Å². The molecule has 1 aliphatic heterocycles. The highest BCUT2D eigenvalue weighted by Crippen LogP contribution is 2.15. The molecule has 1 saturated heterocycles. The summed E-state index contributed by atoms with van der Waals surface area (Å²) in [5, 5.41) is 4.18. The molecule has 1 fully saturated rings. The first-order chi connectivity index (χ1) is 8.74. The number of nitrogens with two attached hydrogens (primary N) is 1. The molecular weight excluding hydrogens is 228 g/mol. The Balaban J connectivity index is 1.60. The van der Waals surface area contributed by atoms with E-state index in [2.05, 4.69) is 17.0 Å². The number of hydrogen-bond acceptors (Lipinski definition) is 4. The number of aryl methyl sites for hydroxylation is 1. The number of ether oxygens (including phenoxy) is 1. The minimum atomic E-state index is 0.602. The lowest BCUT2D eigenvalue weighted by molar-refractivity contribution is 0.0555. The van der Waals surface area contributed by atoms with Crippen LogP contribution in [0, 0.1) is 5.92 Å². The van der Waals surface area contributed by atoms with Gasteiger partial charge in [0.2, 0.25) is 0 Å². The van der Waals surface area contributed by atoms with Gasteiger partial charge in [-0.3, -0.25) is 4.68 Å². The standard InChI is InChI=1S/C13H24N4O/c1-16(11-12-4-9-18-10-5-12)6-2-7-17-8-3-13(14)15-17/h3,8,12H,2,4-7,9-11H2,1H3,(H2,14,15). The van der Waals surface area contributed by atoms with Crippen molar-refractivity contribution in [2.45, 2.75) is 25.8 Å². The fourth-order valence-electron chi connectivity index (χ4n) is 2.47. The summed E-state index contributed by atoms with van der Waals surface area (Å²) in [5.74, 6) is 1.41. The lowest BCUT2D eigenvalue weighted by Crippen LogP contribution is -2.30. The van der Waals surface area contributed by atoms with Crippen molar-refractivity contribution in [3.8, 4) is 0 Å². The van der Waals surface area contributed by atoms with Gasteiger partial charge in [-0.05, 0) is 44.8 Å². The lowest BCUT2D eigenvalue weighted by Gasteiger charge is -2.27. The first-order valence-corrected chi connectivity index (χ1v) is 6.79. The number of aromatic nitrogens is 2. The largest absolute Gasteiger partial charge is 0.382 e. The minimum absolute atomic E-state index is 0.602. The average molecular weight is 252 g/mol. The van der Waals surface area contributed by atoms with Gasteiger partial charge in [0.05, 0.1) is 0 Å². The summed E-state index contributed by atoms with van der Waals surface area (Å²) in [6, 6.07) is 1.84. The van der Waals surface area contributed by atoms with Crippen LogP contribution in [-0.4, -0.2) is 48.0 Å². The Kier molecular flexibility index (Phi) is 5.01. The van der Waals surface area contributed by atoms with Crippen LogP contribution in [-0.2, 0) is 11.3 Å². The van der Waals surface area contributed by atoms with Crippen molar-refractivity contribution >= 4 is 5.82 Å². The van der Waals surface area contributed by atoms with Crippen LogP contribution in [0.25, 0.3) is 0 Å². The smallest absolute Gasteiger partial charge is 0.145 e. The van der Waals surface area contributed by atoms with Crippen LogP contribution >= 0.6 is 0 Å². The van der Waals surface area contributed by atoms with Crippen molar-refractivity contribution in [3.05, 3.63) is 12.3 Å². The maximum absolute atomic E-state index is 5.58. The fourth-order valence-corrected chi connectivity index (χ4v) is 2.47. The molecule has 0 radical (unpaired) electrons. The molecule has 2 N–H and O–H groups in total. The Bertz CT molecular complexity index is 347. The zero-order valence-corrected chi connectivity index (χ0v) is 11.2. The zero-order valence-electron chi connectivity index (χ0n) is 11.2. The van der Waals surface area contributed by atoms with Crippen LogP contribution in [0.15, 0.2) is 12.3 Å². The summed E-state index contributed by atoms with van der Waals surface area (Å²) in [7, 11) is 2.20. The fraction of sp³-hybridized carbons (Fsp3) is 0.769. The van der Waals surface area contributed by atoms with Gasteiger partial charge in [0.1, 0.15) is 5.82 Å². The topological polar surface area (TPSA) is 56.3 Å². The Morgan fingerprint density at radius 1 is 1.50 bits per heavy atom. The van der Waals surface area contributed by atoms with Crippen LogP contribution in [0.2, 0.25) is 0 Å². The van der Waals surface area contributed by atoms with Gasteiger partial charge >= 0.3 is 0 Å². The highest BCUT2D eigenvalue weighted by Gasteiger charge is 2.15. The second kappa shape index (κ2) is 6.75. The Morgan fingerprint density at radius 2 is 2.28 bits per heavy atom. The van der Waals surface area contributed by atoms with Crippen LogP contribution in [0.3, 0.4) is 0 Å². The van der Waals surface area contributed by atoms with E-state index < -0.39 is 0 Å². The van der Waals surface area contributed by atoms with Crippen LogP contribution in [0.1, 0.15) is 19.3 Å². The molecule has 1 aliphatic rings. The summed E-state index contributed by atoms with van der Waals surface area (Å²) >= 11 is 0. The normalized spacial score (nSPS) is 17.4. The Hall–Kier alpha value is -1.07. The third kappa shape index (κ3) is 4.31. The predicted molar refractivity (Wildman–Crippen MR) is 72.3 cm³/mol. The molecule has 1 aromatic heterocycles. The molecular formula is C13H24N4O. The van der Waals surface area contributed by atoms with E-state index in [0.29, 0.717) is 5.82 Å². The predicted octanol–water partition coefficient (Wildman–Crippen LogP) is 1.21. The molecule has 5 heteroatoms. The van der Waals surface area contributed by atoms with Crippen molar-refractivity contribution in [3.63, 3.8) is 0 Å².